The molecule has 1 heterocycles. The van der Waals surface area contributed by atoms with E-state index in [1.54, 1.807) is 0 Å². The summed E-state index contributed by atoms with van der Waals surface area (Å²) in [5.41, 5.74) is 5.58. The van der Waals surface area contributed by atoms with Crippen molar-refractivity contribution in [2.24, 2.45) is 10.7 Å². The van der Waals surface area contributed by atoms with Gasteiger partial charge >= 0.3 is 0 Å². The molecule has 1 atom stereocenters. The van der Waals surface area contributed by atoms with Crippen LogP contribution in [-0.4, -0.2) is 36.9 Å². The maximum absolute atomic E-state index is 5.58. The quantitative estimate of drug-likeness (QED) is 0.494. The molecule has 0 bridgehead atoms. The molecule has 0 radical (unpaired) electrons. The molecule has 3 heteroatoms. The van der Waals surface area contributed by atoms with Crippen molar-refractivity contribution in [1.29, 1.82) is 0 Å². The average Bonchev–Trinajstić information content (AvgIpc) is 2.76. The number of hydrogen-bond donors (Lipinski definition) is 1. The molecule has 0 aliphatic carbocycles. The van der Waals surface area contributed by atoms with Crippen molar-refractivity contribution in [3.63, 3.8) is 0 Å². The number of nitrogens with two attached hydrogens (primary N) is 1. The zero-order valence-corrected chi connectivity index (χ0v) is 11.1. The Bertz CT molecular complexity index is 236. The third kappa shape index (κ3) is 5.99. The van der Waals surface area contributed by atoms with Crippen LogP contribution in [0.2, 0.25) is 0 Å². The maximum atomic E-state index is 5.58. The van der Waals surface area contributed by atoms with Crippen LogP contribution in [0.5, 0.6) is 0 Å². The standard InChI is InChI=1S/C14H27N3/c1-2-3-4-5-6-7-8-9-14-16-11-13-17(14)12-10-15/h7-8,11,14H,2-6,9-10,12-13,15H2,1H3/b8-7+. The van der Waals surface area contributed by atoms with Crippen LogP contribution < -0.4 is 5.73 Å². The Morgan fingerprint density at radius 3 is 3.00 bits per heavy atom. The first-order chi connectivity index (χ1) is 8.38. The molecule has 2 N–H and O–H groups in total. The highest BCUT2D eigenvalue weighted by atomic mass is 15.3. The Morgan fingerprint density at radius 2 is 2.24 bits per heavy atom. The number of hydrogen-bond acceptors (Lipinski definition) is 3. The molecule has 1 aliphatic heterocycles. The monoisotopic (exact) mass is 237 g/mol. The van der Waals surface area contributed by atoms with E-state index >= 15 is 0 Å². The van der Waals surface area contributed by atoms with Gasteiger partial charge in [0.25, 0.3) is 0 Å². The van der Waals surface area contributed by atoms with E-state index in [0.29, 0.717) is 6.17 Å². The Labute approximate surface area is 106 Å². The first kappa shape index (κ1) is 14.4. The highest BCUT2D eigenvalue weighted by Crippen LogP contribution is 2.11. The Kier molecular flexibility index (Phi) is 7.93. The summed E-state index contributed by atoms with van der Waals surface area (Å²) in [5, 5.41) is 0. The summed E-state index contributed by atoms with van der Waals surface area (Å²) in [6, 6.07) is 0. The van der Waals surface area contributed by atoms with Crippen LogP contribution in [0.25, 0.3) is 0 Å². The summed E-state index contributed by atoms with van der Waals surface area (Å²) >= 11 is 0. The lowest BCUT2D eigenvalue weighted by atomic mass is 10.1. The normalized spacial score (nSPS) is 20.7. The van der Waals surface area contributed by atoms with Gasteiger partial charge in [0.15, 0.2) is 0 Å². The molecule has 0 aromatic carbocycles. The fourth-order valence-corrected chi connectivity index (χ4v) is 2.13. The lowest BCUT2D eigenvalue weighted by Gasteiger charge is -2.20. The van der Waals surface area contributed by atoms with Crippen LogP contribution in [-0.2, 0) is 0 Å². The van der Waals surface area contributed by atoms with Gasteiger partial charge in [-0.2, -0.15) is 0 Å². The van der Waals surface area contributed by atoms with E-state index < -0.39 is 0 Å². The number of unbranched alkanes of at least 4 members (excludes halogenated alkanes) is 4. The fourth-order valence-electron chi connectivity index (χ4n) is 2.13. The second-order valence-corrected chi connectivity index (χ2v) is 4.65. The summed E-state index contributed by atoms with van der Waals surface area (Å²) in [6.07, 6.45) is 14.6. The summed E-state index contributed by atoms with van der Waals surface area (Å²) in [7, 11) is 0. The molecule has 0 aromatic rings. The molecule has 0 saturated heterocycles. The Hall–Kier alpha value is -0.670. The van der Waals surface area contributed by atoms with Gasteiger partial charge in [-0.1, -0.05) is 38.3 Å². The van der Waals surface area contributed by atoms with Crippen LogP contribution in [0.1, 0.15) is 45.4 Å². The van der Waals surface area contributed by atoms with Gasteiger partial charge in [0.1, 0.15) is 6.17 Å². The van der Waals surface area contributed by atoms with Crippen molar-refractivity contribution >= 4 is 6.21 Å². The zero-order valence-electron chi connectivity index (χ0n) is 11.1. The van der Waals surface area contributed by atoms with Crippen LogP contribution in [0.15, 0.2) is 17.1 Å². The third-order valence-electron chi connectivity index (χ3n) is 3.17. The highest BCUT2D eigenvalue weighted by molar-refractivity contribution is 5.62. The molecule has 17 heavy (non-hydrogen) atoms. The topological polar surface area (TPSA) is 41.6 Å². The maximum Gasteiger partial charge on any atom is 0.105 e. The van der Waals surface area contributed by atoms with E-state index in [4.69, 9.17) is 5.73 Å². The van der Waals surface area contributed by atoms with E-state index in [1.807, 2.05) is 6.21 Å². The highest BCUT2D eigenvalue weighted by Gasteiger charge is 2.18. The summed E-state index contributed by atoms with van der Waals surface area (Å²) in [6.45, 7) is 4.89. The Balaban J connectivity index is 2.08. The summed E-state index contributed by atoms with van der Waals surface area (Å²) in [5.74, 6) is 0. The second-order valence-electron chi connectivity index (χ2n) is 4.65. The molecule has 0 fully saturated rings. The lowest BCUT2D eigenvalue weighted by Crippen LogP contribution is -2.34. The first-order valence-electron chi connectivity index (χ1n) is 6.99. The van der Waals surface area contributed by atoms with Gasteiger partial charge in [0.05, 0.1) is 0 Å². The van der Waals surface area contributed by atoms with E-state index in [1.165, 1.54) is 32.1 Å². The van der Waals surface area contributed by atoms with Crippen molar-refractivity contribution in [2.75, 3.05) is 19.6 Å². The van der Waals surface area contributed by atoms with Gasteiger partial charge in [-0.3, -0.25) is 9.89 Å². The summed E-state index contributed by atoms with van der Waals surface area (Å²) < 4.78 is 0. The van der Waals surface area contributed by atoms with Crippen LogP contribution in [0.4, 0.5) is 0 Å². The first-order valence-corrected chi connectivity index (χ1v) is 6.99. The van der Waals surface area contributed by atoms with Crippen molar-refractivity contribution < 1.29 is 0 Å². The summed E-state index contributed by atoms with van der Waals surface area (Å²) in [4.78, 5) is 6.81. The molecule has 0 aromatic heterocycles. The van der Waals surface area contributed by atoms with E-state index in [9.17, 15) is 0 Å². The number of nitrogens with zero attached hydrogens (tertiary/aromatic N) is 2. The SMILES string of the molecule is CCCCCC/C=C/CC1N=CCN1CCN. The largest absolute Gasteiger partial charge is 0.329 e. The van der Waals surface area contributed by atoms with E-state index in [-0.39, 0.29) is 0 Å². The molecule has 1 unspecified atom stereocenters. The molecule has 3 nitrogen and oxygen atoms in total. The molecule has 1 aliphatic rings. The van der Waals surface area contributed by atoms with Gasteiger partial charge in [0, 0.05) is 32.3 Å². The molecule has 0 amide bonds. The van der Waals surface area contributed by atoms with Crippen LogP contribution in [0.3, 0.4) is 0 Å². The van der Waals surface area contributed by atoms with Crippen LogP contribution in [0, 0.1) is 0 Å². The number of aliphatic imine (C=N–C) groups is 1. The van der Waals surface area contributed by atoms with Crippen molar-refractivity contribution in [3.05, 3.63) is 12.2 Å². The number of rotatable bonds is 9. The molecule has 1 rings (SSSR count). The zero-order chi connectivity index (χ0) is 12.3. The van der Waals surface area contributed by atoms with Gasteiger partial charge in [0.2, 0.25) is 0 Å². The van der Waals surface area contributed by atoms with Gasteiger partial charge in [-0.15, -0.1) is 0 Å². The van der Waals surface area contributed by atoms with Crippen molar-refractivity contribution in [2.45, 2.75) is 51.6 Å². The molecular formula is C14H27N3. The third-order valence-corrected chi connectivity index (χ3v) is 3.17. The smallest absolute Gasteiger partial charge is 0.105 e. The van der Waals surface area contributed by atoms with Crippen molar-refractivity contribution in [1.82, 2.24) is 4.90 Å². The minimum atomic E-state index is 0.338. The molecular weight excluding hydrogens is 210 g/mol. The molecule has 98 valence electrons. The molecule has 0 spiro atoms. The number of allylic oxidation sites excluding steroid dienone is 1. The van der Waals surface area contributed by atoms with Gasteiger partial charge in [-0.25, -0.2) is 0 Å². The molecule has 0 saturated carbocycles. The predicted octanol–water partition coefficient (Wildman–Crippen LogP) is 2.57. The second kappa shape index (κ2) is 9.37. The van der Waals surface area contributed by atoms with E-state index in [2.05, 4.69) is 29.0 Å². The Morgan fingerprint density at radius 1 is 1.35 bits per heavy atom. The lowest BCUT2D eigenvalue weighted by molar-refractivity contribution is 0.259. The average molecular weight is 237 g/mol. The van der Waals surface area contributed by atoms with Crippen LogP contribution >= 0.6 is 0 Å². The van der Waals surface area contributed by atoms with E-state index in [0.717, 1.165) is 26.1 Å². The minimum Gasteiger partial charge on any atom is -0.329 e. The predicted molar refractivity (Wildman–Crippen MR) is 75.4 cm³/mol. The fraction of sp³-hybridized carbons (Fsp3) is 0.786. The van der Waals surface area contributed by atoms with Crippen molar-refractivity contribution in [3.8, 4) is 0 Å². The van der Waals surface area contributed by atoms with Gasteiger partial charge < -0.3 is 5.73 Å². The van der Waals surface area contributed by atoms with Gasteiger partial charge in [-0.05, 0) is 12.8 Å². The minimum absolute atomic E-state index is 0.338.